The molecule has 1 aliphatic rings. The number of benzene rings is 2. The number of nitrogen functional groups attached to an aromatic ring is 1. The van der Waals surface area contributed by atoms with Gasteiger partial charge in [0.1, 0.15) is 6.04 Å². The summed E-state index contributed by atoms with van der Waals surface area (Å²) in [6, 6.07) is 15.1. The second kappa shape index (κ2) is 9.45. The summed E-state index contributed by atoms with van der Waals surface area (Å²) in [4.78, 5) is 15.5. The molecule has 0 bridgehead atoms. The number of rotatable bonds is 7. The lowest BCUT2D eigenvalue weighted by Gasteiger charge is -2.26. The van der Waals surface area contributed by atoms with Crippen LogP contribution in [0.3, 0.4) is 0 Å². The number of thiophene rings is 1. The van der Waals surface area contributed by atoms with E-state index >= 15 is 0 Å². The van der Waals surface area contributed by atoms with Gasteiger partial charge in [0.2, 0.25) is 5.91 Å². The summed E-state index contributed by atoms with van der Waals surface area (Å²) in [5, 5.41) is 15.8. The molecule has 31 heavy (non-hydrogen) atoms. The van der Waals surface area contributed by atoms with E-state index in [2.05, 4.69) is 17.1 Å². The average molecular weight is 433 g/mol. The lowest BCUT2D eigenvalue weighted by molar-refractivity contribution is -0.121. The SMILES string of the molecule is CCc1ccc(C(=N)c2cc(NC(=O)C(c3ccsc3)N3CCCC3)ccc2N)cc1. The Morgan fingerprint density at radius 3 is 2.55 bits per heavy atom. The highest BCUT2D eigenvalue weighted by atomic mass is 32.1. The Bertz CT molecular complexity index is 1050. The quantitative estimate of drug-likeness (QED) is 0.359. The van der Waals surface area contributed by atoms with Crippen LogP contribution in [-0.4, -0.2) is 29.6 Å². The van der Waals surface area contributed by atoms with Gasteiger partial charge >= 0.3 is 0 Å². The largest absolute Gasteiger partial charge is 0.398 e. The summed E-state index contributed by atoms with van der Waals surface area (Å²) in [6.07, 6.45) is 3.20. The number of nitrogens with one attached hydrogen (secondary N) is 2. The van der Waals surface area contributed by atoms with Crippen LogP contribution in [0, 0.1) is 5.41 Å². The molecule has 1 unspecified atom stereocenters. The summed E-state index contributed by atoms with van der Waals surface area (Å²) in [7, 11) is 0. The molecule has 5 nitrogen and oxygen atoms in total. The Morgan fingerprint density at radius 1 is 1.16 bits per heavy atom. The van der Waals surface area contributed by atoms with E-state index < -0.39 is 0 Å². The van der Waals surface area contributed by atoms with Gasteiger partial charge in [-0.3, -0.25) is 15.1 Å². The van der Waals surface area contributed by atoms with Gasteiger partial charge in [-0.15, -0.1) is 0 Å². The maximum atomic E-state index is 13.3. The number of likely N-dealkylation sites (tertiary alicyclic amines) is 1. The first-order valence-corrected chi connectivity index (χ1v) is 11.7. The van der Waals surface area contributed by atoms with E-state index in [1.165, 1.54) is 5.56 Å². The minimum atomic E-state index is -0.296. The second-order valence-electron chi connectivity index (χ2n) is 7.92. The van der Waals surface area contributed by atoms with Crippen LogP contribution >= 0.6 is 11.3 Å². The van der Waals surface area contributed by atoms with Crippen LogP contribution in [0.15, 0.2) is 59.3 Å². The number of nitrogens with two attached hydrogens (primary N) is 1. The molecule has 1 amide bonds. The zero-order chi connectivity index (χ0) is 21.8. The fourth-order valence-electron chi connectivity index (χ4n) is 4.08. The highest BCUT2D eigenvalue weighted by molar-refractivity contribution is 7.08. The number of hydrogen-bond donors (Lipinski definition) is 3. The van der Waals surface area contributed by atoms with Crippen LogP contribution in [0.25, 0.3) is 0 Å². The lowest BCUT2D eigenvalue weighted by Crippen LogP contribution is -2.35. The van der Waals surface area contributed by atoms with Crippen molar-refractivity contribution in [3.63, 3.8) is 0 Å². The molecule has 0 spiro atoms. The smallest absolute Gasteiger partial charge is 0.246 e. The van der Waals surface area contributed by atoms with E-state index in [-0.39, 0.29) is 11.9 Å². The van der Waals surface area contributed by atoms with E-state index in [1.807, 2.05) is 41.1 Å². The standard InChI is InChI=1S/C25H28N4OS/c1-2-17-5-7-18(8-6-17)23(27)21-15-20(9-10-22(21)26)28-25(30)24(19-11-14-31-16-19)29-12-3-4-13-29/h5-11,14-16,24,27H,2-4,12-13,26H2,1H3,(H,28,30). The van der Waals surface area contributed by atoms with Crippen LogP contribution in [0.1, 0.15) is 48.1 Å². The fraction of sp³-hybridized carbons (Fsp3) is 0.280. The molecule has 6 heteroatoms. The third-order valence-corrected chi connectivity index (χ3v) is 6.56. The molecule has 1 aromatic heterocycles. The minimum absolute atomic E-state index is 0.0464. The Hall–Kier alpha value is -2.96. The lowest BCUT2D eigenvalue weighted by atomic mass is 9.98. The van der Waals surface area contributed by atoms with Gasteiger partial charge in [0.15, 0.2) is 0 Å². The van der Waals surface area contributed by atoms with Gasteiger partial charge in [0.25, 0.3) is 0 Å². The molecule has 2 heterocycles. The minimum Gasteiger partial charge on any atom is -0.398 e. The van der Waals surface area contributed by atoms with Gasteiger partial charge < -0.3 is 11.1 Å². The summed E-state index contributed by atoms with van der Waals surface area (Å²) in [5.41, 5.74) is 11.4. The zero-order valence-electron chi connectivity index (χ0n) is 17.7. The Kier molecular flexibility index (Phi) is 6.49. The molecule has 1 saturated heterocycles. The molecule has 160 valence electrons. The summed E-state index contributed by atoms with van der Waals surface area (Å²) >= 11 is 1.61. The van der Waals surface area contributed by atoms with Crippen molar-refractivity contribution in [1.82, 2.24) is 4.90 Å². The molecule has 3 aromatic rings. The number of carbonyl (C=O) groups excluding carboxylic acids is 1. The molecule has 1 fully saturated rings. The number of hydrogen-bond acceptors (Lipinski definition) is 5. The molecule has 0 saturated carbocycles. The molecule has 4 rings (SSSR count). The molecule has 0 radical (unpaired) electrons. The van der Waals surface area contributed by atoms with Crippen LogP contribution in [0.2, 0.25) is 0 Å². The predicted octanol–water partition coefficient (Wildman–Crippen LogP) is 5.08. The summed E-state index contributed by atoms with van der Waals surface area (Å²) in [6.45, 7) is 3.97. The maximum Gasteiger partial charge on any atom is 0.246 e. The van der Waals surface area contributed by atoms with Crippen molar-refractivity contribution in [1.29, 1.82) is 5.41 Å². The van der Waals surface area contributed by atoms with Crippen molar-refractivity contribution in [3.8, 4) is 0 Å². The summed E-state index contributed by atoms with van der Waals surface area (Å²) < 4.78 is 0. The van der Waals surface area contributed by atoms with Crippen LogP contribution < -0.4 is 11.1 Å². The first-order valence-electron chi connectivity index (χ1n) is 10.7. The fourth-order valence-corrected chi connectivity index (χ4v) is 4.76. The molecule has 1 atom stereocenters. The van der Waals surface area contributed by atoms with Crippen molar-refractivity contribution in [2.75, 3.05) is 24.1 Å². The highest BCUT2D eigenvalue weighted by Crippen LogP contribution is 2.29. The number of carbonyl (C=O) groups is 1. The molecular weight excluding hydrogens is 404 g/mol. The van der Waals surface area contributed by atoms with Crippen molar-refractivity contribution < 1.29 is 4.79 Å². The van der Waals surface area contributed by atoms with Crippen molar-refractivity contribution in [2.45, 2.75) is 32.2 Å². The topological polar surface area (TPSA) is 82.2 Å². The summed E-state index contributed by atoms with van der Waals surface area (Å²) in [5.74, 6) is -0.0464. The van der Waals surface area contributed by atoms with Crippen molar-refractivity contribution in [3.05, 3.63) is 81.5 Å². The van der Waals surface area contributed by atoms with E-state index in [0.717, 1.165) is 43.5 Å². The molecule has 0 aliphatic carbocycles. The van der Waals surface area contributed by atoms with E-state index in [1.54, 1.807) is 29.5 Å². The third-order valence-electron chi connectivity index (χ3n) is 5.85. The van der Waals surface area contributed by atoms with Crippen molar-refractivity contribution in [2.24, 2.45) is 0 Å². The zero-order valence-corrected chi connectivity index (χ0v) is 18.5. The van der Waals surface area contributed by atoms with Gasteiger partial charge in [-0.1, -0.05) is 31.2 Å². The molecule has 4 N–H and O–H groups in total. The van der Waals surface area contributed by atoms with Gasteiger partial charge in [-0.25, -0.2) is 0 Å². The maximum absolute atomic E-state index is 13.3. The van der Waals surface area contributed by atoms with Gasteiger partial charge in [-0.2, -0.15) is 11.3 Å². The predicted molar refractivity (Wildman–Crippen MR) is 129 cm³/mol. The van der Waals surface area contributed by atoms with E-state index in [9.17, 15) is 4.79 Å². The highest BCUT2D eigenvalue weighted by Gasteiger charge is 2.30. The van der Waals surface area contributed by atoms with Crippen LogP contribution in [-0.2, 0) is 11.2 Å². The average Bonchev–Trinajstić information content (AvgIpc) is 3.50. The Balaban J connectivity index is 1.57. The van der Waals surface area contributed by atoms with E-state index in [4.69, 9.17) is 11.1 Å². The van der Waals surface area contributed by atoms with E-state index in [0.29, 0.717) is 22.6 Å². The third kappa shape index (κ3) is 4.70. The van der Waals surface area contributed by atoms with Crippen molar-refractivity contribution >= 4 is 34.3 Å². The molecule has 2 aromatic carbocycles. The van der Waals surface area contributed by atoms with Gasteiger partial charge in [0, 0.05) is 22.5 Å². The van der Waals surface area contributed by atoms with Crippen LogP contribution in [0.4, 0.5) is 11.4 Å². The number of anilines is 2. The first kappa shape index (κ1) is 21.3. The molecular formula is C25H28N4OS. The second-order valence-corrected chi connectivity index (χ2v) is 8.70. The number of nitrogens with zero attached hydrogens (tertiary/aromatic N) is 1. The number of aryl methyl sites for hydroxylation is 1. The van der Waals surface area contributed by atoms with Gasteiger partial charge in [0.05, 0.1) is 5.71 Å². The Labute approximate surface area is 187 Å². The normalized spacial score (nSPS) is 15.0. The monoisotopic (exact) mass is 432 g/mol. The van der Waals surface area contributed by atoms with Crippen LogP contribution in [0.5, 0.6) is 0 Å². The Morgan fingerprint density at radius 2 is 1.90 bits per heavy atom. The molecule has 1 aliphatic heterocycles. The van der Waals surface area contributed by atoms with Gasteiger partial charge in [-0.05, 0) is 78.5 Å². The first-order chi connectivity index (χ1) is 15.1. The number of amides is 1.